The zero-order valence-electron chi connectivity index (χ0n) is 12.0. The number of carbonyl (C=O) groups is 2. The van der Waals surface area contributed by atoms with Gasteiger partial charge in [0.1, 0.15) is 5.75 Å². The molecule has 124 valence electrons. The summed E-state index contributed by atoms with van der Waals surface area (Å²) >= 11 is 0. The van der Waals surface area contributed by atoms with Crippen LogP contribution in [-0.2, 0) is 9.59 Å². The van der Waals surface area contributed by atoms with Gasteiger partial charge in [0.15, 0.2) is 0 Å². The summed E-state index contributed by atoms with van der Waals surface area (Å²) in [5.41, 5.74) is 5.75. The highest BCUT2D eigenvalue weighted by Crippen LogP contribution is 2.23. The number of hydrogen-bond acceptors (Lipinski definition) is 3. The molecule has 0 saturated carbocycles. The first kappa shape index (κ1) is 16.9. The first-order chi connectivity index (χ1) is 10.7. The van der Waals surface area contributed by atoms with E-state index in [2.05, 4.69) is 4.74 Å². The summed E-state index contributed by atoms with van der Waals surface area (Å²) in [5.74, 6) is -1.36. The summed E-state index contributed by atoms with van der Waals surface area (Å²) in [5, 5.41) is 0. The lowest BCUT2D eigenvalue weighted by Gasteiger charge is -2.13. The molecule has 0 bridgehead atoms. The highest BCUT2D eigenvalue weighted by molar-refractivity contribution is 5.92. The smallest absolute Gasteiger partial charge is 0.406 e. The summed E-state index contributed by atoms with van der Waals surface area (Å²) in [6.45, 7) is 0.742. The molecule has 23 heavy (non-hydrogen) atoms. The third-order valence-corrected chi connectivity index (χ3v) is 3.43. The van der Waals surface area contributed by atoms with Gasteiger partial charge in [0.2, 0.25) is 11.8 Å². The van der Waals surface area contributed by atoms with E-state index >= 15 is 0 Å². The van der Waals surface area contributed by atoms with Crippen molar-refractivity contribution in [2.45, 2.75) is 12.8 Å². The van der Waals surface area contributed by atoms with Crippen molar-refractivity contribution in [2.75, 3.05) is 13.1 Å². The molecule has 1 aromatic rings. The van der Waals surface area contributed by atoms with Crippen LogP contribution in [-0.4, -0.2) is 36.2 Å². The van der Waals surface area contributed by atoms with Crippen LogP contribution in [0.3, 0.4) is 0 Å². The van der Waals surface area contributed by atoms with Crippen molar-refractivity contribution in [2.24, 2.45) is 11.7 Å². The largest absolute Gasteiger partial charge is 0.573 e. The fourth-order valence-electron chi connectivity index (χ4n) is 2.25. The number of rotatable bonds is 4. The van der Waals surface area contributed by atoms with Crippen molar-refractivity contribution in [3.8, 4) is 5.75 Å². The third-order valence-electron chi connectivity index (χ3n) is 3.43. The first-order valence-corrected chi connectivity index (χ1v) is 6.87. The second kappa shape index (κ2) is 6.72. The van der Waals surface area contributed by atoms with Crippen molar-refractivity contribution < 1.29 is 27.5 Å². The van der Waals surface area contributed by atoms with Gasteiger partial charge in [-0.1, -0.05) is 12.1 Å². The molecule has 1 fully saturated rings. The Morgan fingerprint density at radius 1 is 1.26 bits per heavy atom. The van der Waals surface area contributed by atoms with Crippen molar-refractivity contribution in [1.29, 1.82) is 0 Å². The summed E-state index contributed by atoms with van der Waals surface area (Å²) < 4.78 is 39.9. The number of nitrogens with zero attached hydrogens (tertiary/aromatic N) is 1. The topological polar surface area (TPSA) is 72.6 Å². The van der Waals surface area contributed by atoms with Crippen LogP contribution in [0.5, 0.6) is 5.75 Å². The second-order valence-corrected chi connectivity index (χ2v) is 5.12. The van der Waals surface area contributed by atoms with Crippen molar-refractivity contribution in [1.82, 2.24) is 4.90 Å². The molecule has 0 spiro atoms. The van der Waals surface area contributed by atoms with Crippen LogP contribution < -0.4 is 10.5 Å². The maximum absolute atomic E-state index is 12.0. The summed E-state index contributed by atoms with van der Waals surface area (Å²) in [7, 11) is 0. The minimum Gasteiger partial charge on any atom is -0.406 e. The first-order valence-electron chi connectivity index (χ1n) is 6.87. The molecular weight excluding hydrogens is 313 g/mol. The Balaban J connectivity index is 1.92. The molecule has 8 heteroatoms. The zero-order valence-corrected chi connectivity index (χ0v) is 12.0. The fourth-order valence-corrected chi connectivity index (χ4v) is 2.25. The SMILES string of the molecule is NC(=O)[C@H]1CCN(C(=O)/C=C\c2ccc(OC(F)(F)F)cc2)C1. The van der Waals surface area contributed by atoms with Gasteiger partial charge in [-0.25, -0.2) is 0 Å². The van der Waals surface area contributed by atoms with Crippen LogP contribution in [0, 0.1) is 5.92 Å². The Morgan fingerprint density at radius 3 is 2.43 bits per heavy atom. The lowest BCUT2D eigenvalue weighted by atomic mass is 10.1. The number of alkyl halides is 3. The molecule has 0 radical (unpaired) electrons. The number of ether oxygens (including phenoxy) is 1. The van der Waals surface area contributed by atoms with Crippen LogP contribution in [0.2, 0.25) is 0 Å². The van der Waals surface area contributed by atoms with E-state index < -0.39 is 12.3 Å². The Labute approximate surface area is 130 Å². The predicted octanol–water partition coefficient (Wildman–Crippen LogP) is 1.93. The minimum atomic E-state index is -4.74. The number of benzene rings is 1. The molecule has 1 saturated heterocycles. The number of likely N-dealkylation sites (tertiary alicyclic amines) is 1. The van der Waals surface area contributed by atoms with E-state index in [-0.39, 0.29) is 24.1 Å². The molecule has 1 aliphatic rings. The number of carbonyl (C=O) groups excluding carboxylic acids is 2. The van der Waals surface area contributed by atoms with Gasteiger partial charge < -0.3 is 15.4 Å². The molecule has 0 aliphatic carbocycles. The van der Waals surface area contributed by atoms with Crippen molar-refractivity contribution >= 4 is 17.9 Å². The van der Waals surface area contributed by atoms with Crippen LogP contribution in [0.1, 0.15) is 12.0 Å². The predicted molar refractivity (Wildman–Crippen MR) is 76.0 cm³/mol. The normalized spacial score (nSPS) is 18.4. The molecular formula is C15H15F3N2O3. The van der Waals surface area contributed by atoms with Crippen molar-refractivity contribution in [3.63, 3.8) is 0 Å². The van der Waals surface area contributed by atoms with Gasteiger partial charge in [-0.3, -0.25) is 9.59 Å². The summed E-state index contributed by atoms with van der Waals surface area (Å²) in [6.07, 6.45) is -1.40. The van der Waals surface area contributed by atoms with Gasteiger partial charge in [-0.2, -0.15) is 0 Å². The monoisotopic (exact) mass is 328 g/mol. The molecule has 5 nitrogen and oxygen atoms in total. The van der Waals surface area contributed by atoms with E-state index in [1.54, 1.807) is 0 Å². The molecule has 2 rings (SSSR count). The Kier molecular flexibility index (Phi) is 4.92. The van der Waals surface area contributed by atoms with Gasteiger partial charge in [0.25, 0.3) is 0 Å². The fraction of sp³-hybridized carbons (Fsp3) is 0.333. The molecule has 2 amide bonds. The molecule has 1 atom stereocenters. The lowest BCUT2D eigenvalue weighted by molar-refractivity contribution is -0.274. The number of amides is 2. The summed E-state index contributed by atoms with van der Waals surface area (Å²) in [4.78, 5) is 24.5. The number of hydrogen-bond donors (Lipinski definition) is 1. The second-order valence-electron chi connectivity index (χ2n) is 5.12. The van der Waals surface area contributed by atoms with Crippen molar-refractivity contribution in [3.05, 3.63) is 35.9 Å². The minimum absolute atomic E-state index is 0.274. The van der Waals surface area contributed by atoms with Crippen LogP contribution >= 0.6 is 0 Å². The number of primary amides is 1. The number of halogens is 3. The lowest BCUT2D eigenvalue weighted by Crippen LogP contribution is -2.30. The Bertz CT molecular complexity index is 611. The Morgan fingerprint density at radius 2 is 1.91 bits per heavy atom. The van der Waals surface area contributed by atoms with E-state index in [1.165, 1.54) is 29.2 Å². The highest BCUT2D eigenvalue weighted by atomic mass is 19.4. The molecule has 2 N–H and O–H groups in total. The summed E-state index contributed by atoms with van der Waals surface area (Å²) in [6, 6.07) is 5.13. The average Bonchev–Trinajstić information content (AvgIpc) is 2.94. The van der Waals surface area contributed by atoms with Crippen LogP contribution in [0.25, 0.3) is 6.08 Å². The van der Waals surface area contributed by atoms with Gasteiger partial charge in [0.05, 0.1) is 5.92 Å². The third kappa shape index (κ3) is 5.01. The molecule has 0 aromatic heterocycles. The van der Waals surface area contributed by atoms with E-state index in [0.717, 1.165) is 12.1 Å². The van der Waals surface area contributed by atoms with E-state index in [1.807, 2.05) is 0 Å². The van der Waals surface area contributed by atoms with Crippen LogP contribution in [0.4, 0.5) is 13.2 Å². The average molecular weight is 328 g/mol. The Hall–Kier alpha value is -2.51. The highest BCUT2D eigenvalue weighted by Gasteiger charge is 2.31. The standard InChI is InChI=1S/C15H15F3N2O3/c16-15(17,18)23-12-4-1-10(2-5-12)3-6-13(21)20-8-7-11(9-20)14(19)22/h1-6,11H,7-9H2,(H2,19,22)/b6-3-/t11-/m0/s1. The molecule has 1 aromatic carbocycles. The van der Waals surface area contributed by atoms with Gasteiger partial charge in [-0.05, 0) is 30.2 Å². The van der Waals surface area contributed by atoms with E-state index in [0.29, 0.717) is 18.5 Å². The van der Waals surface area contributed by atoms with Gasteiger partial charge >= 0.3 is 6.36 Å². The van der Waals surface area contributed by atoms with Gasteiger partial charge in [-0.15, -0.1) is 13.2 Å². The van der Waals surface area contributed by atoms with Gasteiger partial charge in [0, 0.05) is 19.2 Å². The maximum atomic E-state index is 12.0. The maximum Gasteiger partial charge on any atom is 0.573 e. The quantitative estimate of drug-likeness (QED) is 0.859. The number of nitrogens with two attached hydrogens (primary N) is 1. The molecule has 1 aliphatic heterocycles. The van der Waals surface area contributed by atoms with Crippen LogP contribution in [0.15, 0.2) is 30.3 Å². The van der Waals surface area contributed by atoms with E-state index in [9.17, 15) is 22.8 Å². The zero-order chi connectivity index (χ0) is 17.0. The van der Waals surface area contributed by atoms with E-state index in [4.69, 9.17) is 5.73 Å². The molecule has 0 unspecified atom stereocenters. The molecule has 1 heterocycles.